The molecule has 0 saturated carbocycles. The largest absolute Gasteiger partial charge is 0.444 e. The molecule has 0 unspecified atom stereocenters. The number of fused-ring (bicyclic) bond motifs is 1. The fraction of sp³-hybridized carbons (Fsp3) is 0.118. The standard InChI is InChI=1S/C17H13FN4O2/c1-21-15-14(3-2-8-19-15)17(23)22(21)9-13-10-24-16(20-13)11-4-6-12(18)7-5-11/h2-8,10H,9H2,1H3. The summed E-state index contributed by atoms with van der Waals surface area (Å²) in [7, 11) is 1.78. The number of hydrogen-bond acceptors (Lipinski definition) is 4. The molecule has 0 aliphatic rings. The molecular weight excluding hydrogens is 311 g/mol. The predicted molar refractivity (Wildman–Crippen MR) is 86.0 cm³/mol. The van der Waals surface area contributed by atoms with Crippen LogP contribution in [0.2, 0.25) is 0 Å². The van der Waals surface area contributed by atoms with Gasteiger partial charge in [0.2, 0.25) is 5.89 Å². The number of hydrogen-bond donors (Lipinski definition) is 0. The van der Waals surface area contributed by atoms with Gasteiger partial charge in [-0.1, -0.05) is 0 Å². The van der Waals surface area contributed by atoms with Crippen LogP contribution in [0, 0.1) is 5.82 Å². The fourth-order valence-corrected chi connectivity index (χ4v) is 2.65. The minimum Gasteiger partial charge on any atom is -0.444 e. The summed E-state index contributed by atoms with van der Waals surface area (Å²) >= 11 is 0. The maximum atomic E-state index is 13.0. The van der Waals surface area contributed by atoms with Gasteiger partial charge in [0.25, 0.3) is 5.56 Å². The molecule has 0 saturated heterocycles. The Morgan fingerprint density at radius 2 is 2.00 bits per heavy atom. The molecule has 0 amide bonds. The van der Waals surface area contributed by atoms with Crippen molar-refractivity contribution in [2.75, 3.05) is 0 Å². The van der Waals surface area contributed by atoms with Gasteiger partial charge in [0.05, 0.1) is 11.9 Å². The third-order valence-electron chi connectivity index (χ3n) is 3.87. The molecule has 0 atom stereocenters. The summed E-state index contributed by atoms with van der Waals surface area (Å²) in [6, 6.07) is 9.36. The van der Waals surface area contributed by atoms with E-state index in [9.17, 15) is 9.18 Å². The Kier molecular flexibility index (Phi) is 3.26. The summed E-state index contributed by atoms with van der Waals surface area (Å²) in [6.07, 6.45) is 3.14. The maximum absolute atomic E-state index is 13.0. The van der Waals surface area contributed by atoms with Crippen LogP contribution in [-0.2, 0) is 13.6 Å². The van der Waals surface area contributed by atoms with E-state index in [0.717, 1.165) is 0 Å². The average molecular weight is 324 g/mol. The Morgan fingerprint density at radius 1 is 1.21 bits per heavy atom. The number of rotatable bonds is 3. The first-order valence-corrected chi connectivity index (χ1v) is 7.34. The van der Waals surface area contributed by atoms with Crippen LogP contribution < -0.4 is 5.56 Å². The Morgan fingerprint density at radius 3 is 2.75 bits per heavy atom. The highest BCUT2D eigenvalue weighted by molar-refractivity contribution is 5.74. The second-order valence-electron chi connectivity index (χ2n) is 5.41. The Hall–Kier alpha value is -3.22. The summed E-state index contributed by atoms with van der Waals surface area (Å²) < 4.78 is 21.7. The van der Waals surface area contributed by atoms with Crippen LogP contribution >= 0.6 is 0 Å². The number of nitrogens with zero attached hydrogens (tertiary/aromatic N) is 4. The summed E-state index contributed by atoms with van der Waals surface area (Å²) in [5.41, 5.74) is 1.76. The second-order valence-corrected chi connectivity index (χ2v) is 5.41. The molecule has 7 heteroatoms. The summed E-state index contributed by atoms with van der Waals surface area (Å²) in [6.45, 7) is 0.260. The molecule has 0 bridgehead atoms. The Bertz CT molecular complexity index is 1080. The van der Waals surface area contributed by atoms with Crippen LogP contribution in [-0.4, -0.2) is 19.3 Å². The lowest BCUT2D eigenvalue weighted by molar-refractivity contribution is 0.533. The maximum Gasteiger partial charge on any atom is 0.276 e. The molecule has 6 nitrogen and oxygen atoms in total. The first kappa shape index (κ1) is 14.4. The molecule has 4 aromatic rings. The van der Waals surface area contributed by atoms with E-state index in [1.54, 1.807) is 46.9 Å². The lowest BCUT2D eigenvalue weighted by atomic mass is 10.2. The van der Waals surface area contributed by atoms with E-state index in [-0.39, 0.29) is 17.9 Å². The molecule has 0 radical (unpaired) electrons. The van der Waals surface area contributed by atoms with Crippen molar-refractivity contribution in [1.29, 1.82) is 0 Å². The monoisotopic (exact) mass is 324 g/mol. The number of oxazole rings is 1. The Balaban J connectivity index is 1.70. The molecule has 120 valence electrons. The second kappa shape index (κ2) is 5.45. The highest BCUT2D eigenvalue weighted by atomic mass is 19.1. The van der Waals surface area contributed by atoms with Gasteiger partial charge in [-0.3, -0.25) is 9.48 Å². The van der Waals surface area contributed by atoms with Gasteiger partial charge in [0.15, 0.2) is 5.65 Å². The van der Waals surface area contributed by atoms with Crippen molar-refractivity contribution in [1.82, 2.24) is 19.3 Å². The van der Waals surface area contributed by atoms with Crippen molar-refractivity contribution in [2.24, 2.45) is 7.05 Å². The zero-order valence-corrected chi connectivity index (χ0v) is 12.8. The number of aryl methyl sites for hydroxylation is 1. The summed E-state index contributed by atoms with van der Waals surface area (Å²) in [4.78, 5) is 21.1. The molecule has 4 rings (SSSR count). The lowest BCUT2D eigenvalue weighted by Crippen LogP contribution is -2.22. The number of aromatic nitrogens is 4. The fourth-order valence-electron chi connectivity index (χ4n) is 2.65. The van der Waals surface area contributed by atoms with Crippen LogP contribution in [0.4, 0.5) is 4.39 Å². The minimum absolute atomic E-state index is 0.132. The molecular formula is C17H13FN4O2. The molecule has 0 aliphatic carbocycles. The quantitative estimate of drug-likeness (QED) is 0.581. The summed E-state index contributed by atoms with van der Waals surface area (Å²) in [5, 5.41) is 0.558. The first-order valence-electron chi connectivity index (χ1n) is 7.34. The van der Waals surface area contributed by atoms with Crippen molar-refractivity contribution in [3.8, 4) is 11.5 Å². The first-order chi connectivity index (χ1) is 11.6. The van der Waals surface area contributed by atoms with Gasteiger partial charge in [-0.15, -0.1) is 0 Å². The van der Waals surface area contributed by atoms with Crippen LogP contribution in [0.15, 0.2) is 58.1 Å². The average Bonchev–Trinajstić information content (AvgIpc) is 3.16. The number of benzene rings is 1. The number of halogens is 1. The van der Waals surface area contributed by atoms with Crippen LogP contribution in [0.1, 0.15) is 5.69 Å². The molecule has 3 aromatic heterocycles. The zero-order valence-electron chi connectivity index (χ0n) is 12.8. The topological polar surface area (TPSA) is 65.8 Å². The van der Waals surface area contributed by atoms with E-state index in [4.69, 9.17) is 4.42 Å². The molecule has 1 aromatic carbocycles. The van der Waals surface area contributed by atoms with E-state index in [1.807, 2.05) is 0 Å². The minimum atomic E-state index is -0.319. The van der Waals surface area contributed by atoms with Gasteiger partial charge in [0, 0.05) is 18.8 Å². The smallest absolute Gasteiger partial charge is 0.276 e. The van der Waals surface area contributed by atoms with E-state index in [2.05, 4.69) is 9.97 Å². The molecule has 24 heavy (non-hydrogen) atoms. The van der Waals surface area contributed by atoms with Gasteiger partial charge in [-0.05, 0) is 36.4 Å². The molecule has 3 heterocycles. The highest BCUT2D eigenvalue weighted by Crippen LogP contribution is 2.19. The van der Waals surface area contributed by atoms with E-state index in [0.29, 0.717) is 28.2 Å². The van der Waals surface area contributed by atoms with Crippen molar-refractivity contribution in [3.05, 3.63) is 70.7 Å². The zero-order chi connectivity index (χ0) is 16.7. The van der Waals surface area contributed by atoms with Gasteiger partial charge in [-0.2, -0.15) is 0 Å². The molecule has 0 N–H and O–H groups in total. The van der Waals surface area contributed by atoms with E-state index in [1.165, 1.54) is 18.4 Å². The van der Waals surface area contributed by atoms with Crippen molar-refractivity contribution in [2.45, 2.75) is 6.54 Å². The van der Waals surface area contributed by atoms with Gasteiger partial charge in [0.1, 0.15) is 17.8 Å². The number of pyridine rings is 1. The van der Waals surface area contributed by atoms with Gasteiger partial charge in [-0.25, -0.2) is 19.0 Å². The van der Waals surface area contributed by atoms with Crippen LogP contribution in [0.3, 0.4) is 0 Å². The van der Waals surface area contributed by atoms with Crippen LogP contribution in [0.5, 0.6) is 0 Å². The van der Waals surface area contributed by atoms with Crippen LogP contribution in [0.25, 0.3) is 22.5 Å². The highest BCUT2D eigenvalue weighted by Gasteiger charge is 2.14. The molecule has 0 spiro atoms. The van der Waals surface area contributed by atoms with Gasteiger partial charge >= 0.3 is 0 Å². The normalized spacial score (nSPS) is 11.2. The predicted octanol–water partition coefficient (Wildman–Crippen LogP) is 2.58. The van der Waals surface area contributed by atoms with Crippen molar-refractivity contribution in [3.63, 3.8) is 0 Å². The SMILES string of the molecule is Cn1c2ncccc2c(=O)n1Cc1coc(-c2ccc(F)cc2)n1. The van der Waals surface area contributed by atoms with E-state index < -0.39 is 0 Å². The molecule has 0 fully saturated rings. The third kappa shape index (κ3) is 2.30. The van der Waals surface area contributed by atoms with Gasteiger partial charge < -0.3 is 4.42 Å². The Labute approximate surface area is 135 Å². The summed E-state index contributed by atoms with van der Waals surface area (Å²) in [5.74, 6) is 0.0648. The lowest BCUT2D eigenvalue weighted by Gasteiger charge is -2.04. The molecule has 0 aliphatic heterocycles. The third-order valence-corrected chi connectivity index (χ3v) is 3.87. The van der Waals surface area contributed by atoms with Crippen molar-refractivity contribution >= 4 is 11.0 Å². The van der Waals surface area contributed by atoms with Crippen molar-refractivity contribution < 1.29 is 8.81 Å². The van der Waals surface area contributed by atoms with E-state index >= 15 is 0 Å².